The number of aliphatic hydroxyl groups excluding tert-OH is 1. The number of hydrogen-bond acceptors (Lipinski definition) is 4. The first kappa shape index (κ1) is 22.6. The van der Waals surface area contributed by atoms with Gasteiger partial charge in [0, 0.05) is 36.0 Å². The number of carboxylic acid groups (broad SMARTS) is 1. The van der Waals surface area contributed by atoms with Crippen LogP contribution in [0.5, 0.6) is 0 Å². The molecule has 2 heterocycles. The second-order valence-electron chi connectivity index (χ2n) is 8.77. The molecule has 0 radical (unpaired) electrons. The predicted molar refractivity (Wildman–Crippen MR) is 125 cm³/mol. The molecule has 1 unspecified atom stereocenters. The Morgan fingerprint density at radius 3 is 2.59 bits per heavy atom. The van der Waals surface area contributed by atoms with Crippen LogP contribution in [0, 0.1) is 5.92 Å². The maximum absolute atomic E-state index is 12.4. The maximum atomic E-state index is 12.4. The molecule has 1 atom stereocenters. The zero-order valence-electron chi connectivity index (χ0n) is 18.0. The summed E-state index contributed by atoms with van der Waals surface area (Å²) in [6.45, 7) is 2.63. The summed E-state index contributed by atoms with van der Waals surface area (Å²) in [6, 6.07) is 14.3. The Labute approximate surface area is 193 Å². The van der Waals surface area contributed by atoms with Crippen molar-refractivity contribution in [3.8, 4) is 0 Å². The van der Waals surface area contributed by atoms with Crippen molar-refractivity contribution in [2.75, 3.05) is 29.4 Å². The van der Waals surface area contributed by atoms with Crippen molar-refractivity contribution >= 4 is 34.9 Å². The van der Waals surface area contributed by atoms with E-state index in [4.69, 9.17) is 16.7 Å². The quantitative estimate of drug-likeness (QED) is 0.660. The number of rotatable bonds is 7. The Kier molecular flexibility index (Phi) is 7.01. The van der Waals surface area contributed by atoms with Gasteiger partial charge in [0.15, 0.2) is 6.10 Å². The van der Waals surface area contributed by atoms with Crippen LogP contribution in [0.1, 0.15) is 36.8 Å². The summed E-state index contributed by atoms with van der Waals surface area (Å²) in [7, 11) is 0. The molecule has 1 saturated heterocycles. The lowest BCUT2D eigenvalue weighted by Crippen LogP contribution is -2.34. The van der Waals surface area contributed by atoms with Gasteiger partial charge in [0.2, 0.25) is 5.91 Å². The molecule has 2 aliphatic rings. The van der Waals surface area contributed by atoms with Gasteiger partial charge in [-0.15, -0.1) is 0 Å². The number of fused-ring (bicyclic) bond motifs is 1. The summed E-state index contributed by atoms with van der Waals surface area (Å²) in [5, 5.41) is 19.1. The van der Waals surface area contributed by atoms with Gasteiger partial charge >= 0.3 is 5.97 Å². The maximum Gasteiger partial charge on any atom is 0.333 e. The molecule has 2 aliphatic heterocycles. The highest BCUT2D eigenvalue weighted by Gasteiger charge is 2.28. The number of hydrogen-bond donors (Lipinski definition) is 2. The zero-order valence-corrected chi connectivity index (χ0v) is 18.8. The van der Waals surface area contributed by atoms with Crippen LogP contribution < -0.4 is 9.80 Å². The molecule has 170 valence electrons. The summed E-state index contributed by atoms with van der Waals surface area (Å²) < 4.78 is 0. The molecule has 0 aromatic heterocycles. The average molecular weight is 457 g/mol. The van der Waals surface area contributed by atoms with Crippen molar-refractivity contribution in [2.45, 2.75) is 44.6 Å². The van der Waals surface area contributed by atoms with E-state index in [1.54, 1.807) is 4.90 Å². The number of anilines is 2. The monoisotopic (exact) mass is 456 g/mol. The smallest absolute Gasteiger partial charge is 0.333 e. The van der Waals surface area contributed by atoms with Gasteiger partial charge in [-0.05, 0) is 73.4 Å². The second kappa shape index (κ2) is 9.92. The Morgan fingerprint density at radius 1 is 1.09 bits per heavy atom. The molecular formula is C25H29ClN2O4. The number of nitrogens with zero attached hydrogens (tertiary/aromatic N) is 2. The van der Waals surface area contributed by atoms with Gasteiger partial charge in [-0.2, -0.15) is 0 Å². The number of carbonyl (C=O) groups is 2. The van der Waals surface area contributed by atoms with Crippen LogP contribution in [-0.2, 0) is 22.4 Å². The first-order valence-corrected chi connectivity index (χ1v) is 11.6. The third-order valence-corrected chi connectivity index (χ3v) is 6.86. The Morgan fingerprint density at radius 2 is 1.88 bits per heavy atom. The molecule has 0 aliphatic carbocycles. The van der Waals surface area contributed by atoms with Crippen LogP contribution >= 0.6 is 11.6 Å². The van der Waals surface area contributed by atoms with Crippen LogP contribution in [0.15, 0.2) is 42.5 Å². The highest BCUT2D eigenvalue weighted by Crippen LogP contribution is 2.32. The van der Waals surface area contributed by atoms with E-state index in [-0.39, 0.29) is 5.91 Å². The van der Waals surface area contributed by atoms with Crippen molar-refractivity contribution in [1.29, 1.82) is 0 Å². The first-order chi connectivity index (χ1) is 15.4. The highest BCUT2D eigenvalue weighted by molar-refractivity contribution is 6.30. The Balaban J connectivity index is 1.28. The summed E-state index contributed by atoms with van der Waals surface area (Å²) in [5.74, 6) is -1.02. The fourth-order valence-corrected chi connectivity index (χ4v) is 4.94. The lowest BCUT2D eigenvalue weighted by atomic mass is 9.90. The third-order valence-electron chi connectivity index (χ3n) is 6.62. The van der Waals surface area contributed by atoms with Crippen molar-refractivity contribution in [3.63, 3.8) is 0 Å². The molecule has 7 heteroatoms. The summed E-state index contributed by atoms with van der Waals surface area (Å²) in [5.41, 5.74) is 4.44. The van der Waals surface area contributed by atoms with Crippen molar-refractivity contribution in [3.05, 3.63) is 58.6 Å². The molecule has 2 N–H and O–H groups in total. The molecule has 2 aromatic rings. The van der Waals surface area contributed by atoms with Crippen molar-refractivity contribution < 1.29 is 19.8 Å². The van der Waals surface area contributed by atoms with Gasteiger partial charge in [0.05, 0.1) is 6.42 Å². The Hall–Kier alpha value is -2.57. The van der Waals surface area contributed by atoms with Gasteiger partial charge in [-0.1, -0.05) is 29.8 Å². The number of benzene rings is 2. The van der Waals surface area contributed by atoms with Gasteiger partial charge in [0.1, 0.15) is 0 Å². The minimum absolute atomic E-state index is 0.349. The minimum Gasteiger partial charge on any atom is -0.479 e. The van der Waals surface area contributed by atoms with Crippen LogP contribution in [-0.4, -0.2) is 47.8 Å². The fraction of sp³-hybridized carbons (Fsp3) is 0.440. The van der Waals surface area contributed by atoms with E-state index >= 15 is 0 Å². The van der Waals surface area contributed by atoms with Gasteiger partial charge in [-0.3, -0.25) is 4.79 Å². The SMILES string of the molecule is O=C(O)C(O)CC(=O)N1CCc2cc(CCC3CCN(c4cccc(Cl)c4)CC3)ccc21. The lowest BCUT2D eigenvalue weighted by molar-refractivity contribution is -0.148. The van der Waals surface area contributed by atoms with Gasteiger partial charge in [-0.25, -0.2) is 4.79 Å². The molecule has 0 spiro atoms. The van der Waals surface area contributed by atoms with E-state index in [0.29, 0.717) is 12.5 Å². The van der Waals surface area contributed by atoms with E-state index in [2.05, 4.69) is 23.1 Å². The van der Waals surface area contributed by atoms with Gasteiger partial charge in [0.25, 0.3) is 0 Å². The topological polar surface area (TPSA) is 81.1 Å². The Bertz CT molecular complexity index is 988. The lowest BCUT2D eigenvalue weighted by Gasteiger charge is -2.33. The summed E-state index contributed by atoms with van der Waals surface area (Å²) in [4.78, 5) is 27.2. The number of carbonyl (C=O) groups excluding carboxylic acids is 1. The first-order valence-electron chi connectivity index (χ1n) is 11.2. The number of aliphatic hydroxyl groups is 1. The number of halogens is 1. The average Bonchev–Trinajstić information content (AvgIpc) is 3.21. The molecule has 1 amide bonds. The van der Waals surface area contributed by atoms with Crippen LogP contribution in [0.2, 0.25) is 5.02 Å². The number of aliphatic carboxylic acids is 1. The van der Waals surface area contributed by atoms with E-state index in [1.807, 2.05) is 24.3 Å². The van der Waals surface area contributed by atoms with Crippen molar-refractivity contribution in [1.82, 2.24) is 0 Å². The summed E-state index contributed by atoms with van der Waals surface area (Å²) in [6.07, 6.45) is 3.21. The molecular weight excluding hydrogens is 428 g/mol. The summed E-state index contributed by atoms with van der Waals surface area (Å²) >= 11 is 6.13. The number of amides is 1. The fourth-order valence-electron chi connectivity index (χ4n) is 4.76. The minimum atomic E-state index is -1.66. The molecule has 0 saturated carbocycles. The van der Waals surface area contributed by atoms with E-state index in [9.17, 15) is 14.7 Å². The zero-order chi connectivity index (χ0) is 22.7. The number of aryl methyl sites for hydroxylation is 1. The number of piperidine rings is 1. The van der Waals surface area contributed by atoms with Crippen LogP contribution in [0.25, 0.3) is 0 Å². The van der Waals surface area contributed by atoms with E-state index < -0.39 is 18.5 Å². The molecule has 32 heavy (non-hydrogen) atoms. The normalized spacial score (nSPS) is 17.3. The third kappa shape index (κ3) is 5.25. The highest BCUT2D eigenvalue weighted by atomic mass is 35.5. The van der Waals surface area contributed by atoms with Crippen molar-refractivity contribution in [2.24, 2.45) is 5.92 Å². The standard InChI is InChI=1S/C25H29ClN2O4/c26-20-2-1-3-21(15-20)27-11-8-17(9-12-27)4-5-18-6-7-22-19(14-18)10-13-28(22)24(30)16-23(29)25(31)32/h1-3,6-7,14-15,17,23,29H,4-5,8-13,16H2,(H,31,32). The predicted octanol–water partition coefficient (Wildman–Crippen LogP) is 3.91. The van der Waals surface area contributed by atoms with E-state index in [0.717, 1.165) is 48.6 Å². The largest absolute Gasteiger partial charge is 0.479 e. The second-order valence-corrected chi connectivity index (χ2v) is 9.20. The van der Waals surface area contributed by atoms with Gasteiger partial charge < -0.3 is 20.0 Å². The van der Waals surface area contributed by atoms with Crippen LogP contribution in [0.4, 0.5) is 11.4 Å². The molecule has 2 aromatic carbocycles. The molecule has 4 rings (SSSR count). The van der Waals surface area contributed by atoms with E-state index in [1.165, 1.54) is 24.1 Å². The molecule has 1 fully saturated rings. The number of carboxylic acids is 1. The van der Waals surface area contributed by atoms with Crippen LogP contribution in [0.3, 0.4) is 0 Å². The molecule has 6 nitrogen and oxygen atoms in total. The molecule has 0 bridgehead atoms.